The van der Waals surface area contributed by atoms with Gasteiger partial charge in [-0.05, 0) is 17.2 Å². The van der Waals surface area contributed by atoms with Crippen LogP contribution in [-0.2, 0) is 18.5 Å². The van der Waals surface area contributed by atoms with E-state index in [1.54, 1.807) is 6.07 Å². The number of nitrogens with one attached hydrogen (secondary N) is 1. The first-order valence-corrected chi connectivity index (χ1v) is 9.21. The summed E-state index contributed by atoms with van der Waals surface area (Å²) in [7, 11) is 0. The lowest BCUT2D eigenvalue weighted by molar-refractivity contribution is -0.137. The van der Waals surface area contributed by atoms with Gasteiger partial charge < -0.3 is 5.32 Å². The van der Waals surface area contributed by atoms with E-state index < -0.39 is 11.7 Å². The highest BCUT2D eigenvalue weighted by atomic mass is 32.2. The first kappa shape index (κ1) is 17.8. The summed E-state index contributed by atoms with van der Waals surface area (Å²) < 4.78 is 38.9. The van der Waals surface area contributed by atoms with Gasteiger partial charge in [0.1, 0.15) is 0 Å². The smallest absolute Gasteiger partial charge is 0.356 e. The standard InChI is InChI=1S/C17H14F3N3S2/c18-17(19,20)14-8-4-7-13(9-14)11-24-16-23-22-15(25-16)21-10-12-5-2-1-3-6-12/h1-9H,10-11H2,(H,21,22). The van der Waals surface area contributed by atoms with E-state index in [1.807, 2.05) is 30.3 Å². The lowest BCUT2D eigenvalue weighted by atomic mass is 10.1. The predicted octanol–water partition coefficient (Wildman–Crippen LogP) is 5.46. The number of halogens is 3. The third-order valence-corrected chi connectivity index (χ3v) is 5.40. The van der Waals surface area contributed by atoms with Crippen LogP contribution in [0.4, 0.5) is 18.3 Å². The molecule has 1 N–H and O–H groups in total. The molecule has 3 nitrogen and oxygen atoms in total. The number of hydrogen-bond donors (Lipinski definition) is 1. The van der Waals surface area contributed by atoms with E-state index in [0.717, 1.165) is 11.6 Å². The van der Waals surface area contributed by atoms with Crippen LogP contribution in [0.15, 0.2) is 58.9 Å². The van der Waals surface area contributed by atoms with Crippen LogP contribution in [0.1, 0.15) is 16.7 Å². The molecule has 0 saturated heterocycles. The molecule has 0 radical (unpaired) electrons. The predicted molar refractivity (Wildman–Crippen MR) is 94.7 cm³/mol. The third-order valence-electron chi connectivity index (χ3n) is 3.31. The summed E-state index contributed by atoms with van der Waals surface area (Å²) in [5.74, 6) is 0.414. The highest BCUT2D eigenvalue weighted by Gasteiger charge is 2.30. The van der Waals surface area contributed by atoms with E-state index in [9.17, 15) is 13.2 Å². The van der Waals surface area contributed by atoms with Gasteiger partial charge in [-0.2, -0.15) is 13.2 Å². The zero-order valence-corrected chi connectivity index (χ0v) is 14.6. The molecule has 130 valence electrons. The van der Waals surface area contributed by atoms with E-state index in [1.165, 1.54) is 35.2 Å². The van der Waals surface area contributed by atoms with Crippen LogP contribution in [0.3, 0.4) is 0 Å². The Morgan fingerprint density at radius 2 is 1.72 bits per heavy atom. The van der Waals surface area contributed by atoms with Crippen molar-refractivity contribution in [3.05, 3.63) is 71.3 Å². The second kappa shape index (κ2) is 7.88. The average molecular weight is 381 g/mol. The molecule has 0 aliphatic rings. The molecule has 0 aliphatic heterocycles. The van der Waals surface area contributed by atoms with Crippen LogP contribution >= 0.6 is 23.1 Å². The number of alkyl halides is 3. The molecule has 0 saturated carbocycles. The van der Waals surface area contributed by atoms with Crippen LogP contribution in [0.25, 0.3) is 0 Å². The summed E-state index contributed by atoms with van der Waals surface area (Å²) in [6.07, 6.45) is -4.32. The molecule has 3 aromatic rings. The van der Waals surface area contributed by atoms with Crippen molar-refractivity contribution in [2.75, 3.05) is 5.32 Å². The van der Waals surface area contributed by atoms with Crippen molar-refractivity contribution < 1.29 is 13.2 Å². The number of hydrogen-bond acceptors (Lipinski definition) is 5. The molecule has 25 heavy (non-hydrogen) atoms. The lowest BCUT2D eigenvalue weighted by Crippen LogP contribution is -2.04. The maximum atomic E-state index is 12.7. The first-order valence-electron chi connectivity index (χ1n) is 7.41. The molecule has 0 fully saturated rings. The van der Waals surface area contributed by atoms with E-state index in [0.29, 0.717) is 27.3 Å². The molecule has 8 heteroatoms. The van der Waals surface area contributed by atoms with Gasteiger partial charge in [-0.25, -0.2) is 0 Å². The number of anilines is 1. The molecule has 0 spiro atoms. The fraction of sp³-hybridized carbons (Fsp3) is 0.176. The van der Waals surface area contributed by atoms with Gasteiger partial charge in [-0.1, -0.05) is 71.6 Å². The summed E-state index contributed by atoms with van der Waals surface area (Å²) in [5.41, 5.74) is 1.11. The van der Waals surface area contributed by atoms with Crippen LogP contribution in [0.2, 0.25) is 0 Å². The largest absolute Gasteiger partial charge is 0.416 e. The van der Waals surface area contributed by atoms with Crippen molar-refractivity contribution in [2.24, 2.45) is 0 Å². The van der Waals surface area contributed by atoms with E-state index in [2.05, 4.69) is 15.5 Å². The highest BCUT2D eigenvalue weighted by Crippen LogP contribution is 2.32. The van der Waals surface area contributed by atoms with Crippen LogP contribution in [0.5, 0.6) is 0 Å². The van der Waals surface area contributed by atoms with Crippen LogP contribution in [-0.4, -0.2) is 10.2 Å². The Labute approximate surface area is 151 Å². The lowest BCUT2D eigenvalue weighted by Gasteiger charge is -2.07. The summed E-state index contributed by atoms with van der Waals surface area (Å²) >= 11 is 2.76. The van der Waals surface area contributed by atoms with Crippen molar-refractivity contribution in [1.82, 2.24) is 10.2 Å². The molecule has 0 amide bonds. The SMILES string of the molecule is FC(F)(F)c1cccc(CSc2nnc(NCc3ccccc3)s2)c1. The summed E-state index contributed by atoms with van der Waals surface area (Å²) in [6.45, 7) is 0.647. The first-order chi connectivity index (χ1) is 12.0. The van der Waals surface area contributed by atoms with Crippen molar-refractivity contribution >= 4 is 28.2 Å². The minimum atomic E-state index is -4.32. The normalized spacial score (nSPS) is 11.5. The minimum Gasteiger partial charge on any atom is -0.356 e. The van der Waals surface area contributed by atoms with Crippen LogP contribution < -0.4 is 5.32 Å². The zero-order chi connectivity index (χ0) is 17.7. The zero-order valence-electron chi connectivity index (χ0n) is 13.0. The Morgan fingerprint density at radius 1 is 0.960 bits per heavy atom. The Kier molecular flexibility index (Phi) is 5.60. The van der Waals surface area contributed by atoms with Gasteiger partial charge >= 0.3 is 6.18 Å². The summed E-state index contributed by atoms with van der Waals surface area (Å²) in [6, 6.07) is 15.3. The van der Waals surface area contributed by atoms with Gasteiger partial charge in [0.25, 0.3) is 0 Å². The topological polar surface area (TPSA) is 37.8 Å². The Bertz CT molecular complexity index is 819. The molecule has 1 heterocycles. The number of rotatable bonds is 6. The Balaban J connectivity index is 1.55. The highest BCUT2D eigenvalue weighted by molar-refractivity contribution is 8.00. The fourth-order valence-corrected chi connectivity index (χ4v) is 3.79. The van der Waals surface area contributed by atoms with Gasteiger partial charge in [0, 0.05) is 12.3 Å². The van der Waals surface area contributed by atoms with Gasteiger partial charge in [0.15, 0.2) is 4.34 Å². The number of thioether (sulfide) groups is 1. The molecule has 2 aromatic carbocycles. The summed E-state index contributed by atoms with van der Waals surface area (Å²) in [5, 5.41) is 12.0. The summed E-state index contributed by atoms with van der Waals surface area (Å²) in [4.78, 5) is 0. The van der Waals surface area contributed by atoms with Crippen molar-refractivity contribution in [3.63, 3.8) is 0 Å². The molecule has 0 unspecified atom stereocenters. The molecule has 3 rings (SSSR count). The number of aromatic nitrogens is 2. The molecular formula is C17H14F3N3S2. The third kappa shape index (κ3) is 5.20. The second-order valence-electron chi connectivity index (χ2n) is 5.20. The Morgan fingerprint density at radius 3 is 2.48 bits per heavy atom. The van der Waals surface area contributed by atoms with Crippen molar-refractivity contribution in [1.29, 1.82) is 0 Å². The maximum absolute atomic E-state index is 12.7. The second-order valence-corrected chi connectivity index (χ2v) is 7.40. The number of benzene rings is 2. The molecular weight excluding hydrogens is 367 g/mol. The van der Waals surface area contributed by atoms with Crippen molar-refractivity contribution in [3.8, 4) is 0 Å². The Hall–Kier alpha value is -2.06. The van der Waals surface area contributed by atoms with Crippen molar-refractivity contribution in [2.45, 2.75) is 22.8 Å². The van der Waals surface area contributed by atoms with E-state index in [-0.39, 0.29) is 0 Å². The van der Waals surface area contributed by atoms with Crippen LogP contribution in [0, 0.1) is 0 Å². The van der Waals surface area contributed by atoms with E-state index in [4.69, 9.17) is 0 Å². The minimum absolute atomic E-state index is 0.414. The molecule has 1 aromatic heterocycles. The van der Waals surface area contributed by atoms with Gasteiger partial charge in [0.2, 0.25) is 5.13 Å². The fourth-order valence-electron chi connectivity index (χ4n) is 2.10. The monoisotopic (exact) mass is 381 g/mol. The molecule has 0 bridgehead atoms. The van der Waals surface area contributed by atoms with Gasteiger partial charge in [0.05, 0.1) is 5.56 Å². The number of nitrogens with zero attached hydrogens (tertiary/aromatic N) is 2. The maximum Gasteiger partial charge on any atom is 0.416 e. The van der Waals surface area contributed by atoms with Gasteiger partial charge in [-0.15, -0.1) is 10.2 Å². The quantitative estimate of drug-likeness (QED) is 0.575. The molecule has 0 atom stereocenters. The van der Waals surface area contributed by atoms with Gasteiger partial charge in [-0.3, -0.25) is 0 Å². The molecule has 0 aliphatic carbocycles. The van der Waals surface area contributed by atoms with E-state index >= 15 is 0 Å². The average Bonchev–Trinajstić information content (AvgIpc) is 3.07.